The average molecular weight is 643 g/mol. The van der Waals surface area contributed by atoms with Gasteiger partial charge in [-0.1, -0.05) is 98.5 Å². The molecule has 0 aromatic carbocycles. The van der Waals surface area contributed by atoms with Gasteiger partial charge in [0.25, 0.3) is 0 Å². The number of carboxylic acids is 1. The van der Waals surface area contributed by atoms with Crippen LogP contribution >= 0.6 is 29.4 Å². The van der Waals surface area contributed by atoms with Crippen LogP contribution in [0.15, 0.2) is 12.2 Å². The Kier molecular flexibility index (Phi) is 27.9. The first-order valence-electron chi connectivity index (χ1n) is 15.3. The van der Waals surface area contributed by atoms with E-state index < -0.39 is 32.5 Å². The summed E-state index contributed by atoms with van der Waals surface area (Å²) in [5, 5.41) is 18.6. The Morgan fingerprint density at radius 2 is 1.46 bits per heavy atom. The van der Waals surface area contributed by atoms with Gasteiger partial charge in [-0.05, 0) is 51.4 Å². The van der Waals surface area contributed by atoms with Gasteiger partial charge < -0.3 is 24.7 Å². The number of rotatable bonds is 25. The molecular formula is C29H55O9PS2. The van der Waals surface area contributed by atoms with Crippen molar-refractivity contribution in [3.8, 4) is 0 Å². The van der Waals surface area contributed by atoms with Gasteiger partial charge in [0, 0.05) is 23.8 Å². The Morgan fingerprint density at radius 1 is 0.878 bits per heavy atom. The van der Waals surface area contributed by atoms with Gasteiger partial charge in [-0.2, -0.15) is 0 Å². The zero-order valence-corrected chi connectivity index (χ0v) is 27.5. The van der Waals surface area contributed by atoms with Crippen LogP contribution in [0.1, 0.15) is 129 Å². The number of hydrogen-bond donors (Lipinski definition) is 4. The van der Waals surface area contributed by atoms with E-state index in [2.05, 4.69) is 23.6 Å². The molecule has 1 unspecified atom stereocenters. The molecule has 1 aliphatic rings. The van der Waals surface area contributed by atoms with E-state index in [0.29, 0.717) is 6.42 Å². The molecule has 0 aromatic rings. The summed E-state index contributed by atoms with van der Waals surface area (Å²) in [6, 6.07) is 0. The molecular weight excluding hydrogens is 587 g/mol. The summed E-state index contributed by atoms with van der Waals surface area (Å²) in [6.07, 6.45) is 23.8. The Balaban J connectivity index is 0.00000110. The van der Waals surface area contributed by atoms with Gasteiger partial charge in [-0.25, -0.2) is 4.57 Å². The highest BCUT2D eigenvalue weighted by Crippen LogP contribution is 2.40. The smallest absolute Gasteiger partial charge is 0.469 e. The van der Waals surface area contributed by atoms with Crippen LogP contribution in [0.5, 0.6) is 0 Å². The zero-order valence-electron chi connectivity index (χ0n) is 25.0. The van der Waals surface area contributed by atoms with Gasteiger partial charge in [-0.3, -0.25) is 14.1 Å². The van der Waals surface area contributed by atoms with Crippen molar-refractivity contribution in [2.24, 2.45) is 0 Å². The molecule has 1 heterocycles. The molecule has 12 heteroatoms. The van der Waals surface area contributed by atoms with Crippen LogP contribution in [-0.2, 0) is 23.4 Å². The molecule has 0 aromatic heterocycles. The van der Waals surface area contributed by atoms with Crippen LogP contribution in [-0.4, -0.2) is 62.3 Å². The summed E-state index contributed by atoms with van der Waals surface area (Å²) in [5.41, 5.74) is 0. The van der Waals surface area contributed by atoms with E-state index >= 15 is 0 Å². The largest absolute Gasteiger partial charge is 0.481 e. The maximum atomic E-state index is 11.5. The number of esters is 1. The third-order valence-electron chi connectivity index (χ3n) is 6.41. The molecule has 0 spiro atoms. The molecule has 0 aliphatic carbocycles. The van der Waals surface area contributed by atoms with E-state index in [1.54, 1.807) is 0 Å². The summed E-state index contributed by atoms with van der Waals surface area (Å²) in [7, 11) is -0.701. The van der Waals surface area contributed by atoms with Gasteiger partial charge in [-0.15, -0.1) is 0 Å². The minimum Gasteiger partial charge on any atom is -0.481 e. The van der Waals surface area contributed by atoms with Crippen molar-refractivity contribution in [3.63, 3.8) is 0 Å². The molecule has 2 atom stereocenters. The summed E-state index contributed by atoms with van der Waals surface area (Å²) in [4.78, 5) is 38.8. The van der Waals surface area contributed by atoms with Gasteiger partial charge in [0.1, 0.15) is 12.7 Å². The van der Waals surface area contributed by atoms with Crippen molar-refractivity contribution >= 4 is 41.3 Å². The molecule has 41 heavy (non-hydrogen) atoms. The second kappa shape index (κ2) is 28.2. The summed E-state index contributed by atoms with van der Waals surface area (Å²) in [6.45, 7) is 1.33. The number of carboxylic acid groups (broad SMARTS) is 1. The monoisotopic (exact) mass is 642 g/mol. The number of hydrogen-bond acceptors (Lipinski definition) is 8. The summed E-state index contributed by atoms with van der Waals surface area (Å²) >= 11 is 0. The molecule has 1 saturated heterocycles. The Bertz CT molecular complexity index is 712. The van der Waals surface area contributed by atoms with Crippen molar-refractivity contribution in [1.29, 1.82) is 0 Å². The number of carbonyl (C=O) groups excluding carboxylic acids is 1. The molecule has 0 amide bonds. The van der Waals surface area contributed by atoms with Gasteiger partial charge in [0.15, 0.2) is 0 Å². The topological polar surface area (TPSA) is 151 Å². The van der Waals surface area contributed by atoms with Crippen LogP contribution in [0.4, 0.5) is 0 Å². The Hall–Kier alpha value is -0.550. The first-order chi connectivity index (χ1) is 19.6. The number of aliphatic carboxylic acids is 1. The molecule has 1 rings (SSSR count). The number of carbonyl (C=O) groups is 2. The minimum absolute atomic E-state index is 0.282. The van der Waals surface area contributed by atoms with Crippen molar-refractivity contribution < 1.29 is 43.4 Å². The van der Waals surface area contributed by atoms with Crippen LogP contribution < -0.4 is 0 Å². The second-order valence-corrected chi connectivity index (χ2v) is 14.5. The fraction of sp³-hybridized carbons (Fsp3) is 0.862. The number of phosphoric acid groups is 1. The lowest BCUT2D eigenvalue weighted by Crippen LogP contribution is -2.23. The normalized spacial score (nSPS) is 16.0. The molecule has 0 bridgehead atoms. The fourth-order valence-corrected chi connectivity index (χ4v) is 7.44. The second-order valence-electron chi connectivity index (χ2n) is 10.4. The van der Waals surface area contributed by atoms with E-state index in [-0.39, 0.29) is 13.0 Å². The summed E-state index contributed by atoms with van der Waals surface area (Å²) in [5.74, 6) is 0.190. The zero-order chi connectivity index (χ0) is 30.6. The predicted molar refractivity (Wildman–Crippen MR) is 169 cm³/mol. The quantitative estimate of drug-likeness (QED) is 0.0254. The van der Waals surface area contributed by atoms with Crippen molar-refractivity contribution in [3.05, 3.63) is 12.2 Å². The van der Waals surface area contributed by atoms with E-state index in [4.69, 9.17) is 19.6 Å². The molecule has 0 radical (unpaired) electrons. The predicted octanol–water partition coefficient (Wildman–Crippen LogP) is 7.82. The highest BCUT2D eigenvalue weighted by Gasteiger charge is 2.18. The first-order valence-corrected chi connectivity index (χ1v) is 19.2. The molecule has 4 N–H and O–H groups in total. The highest BCUT2D eigenvalue weighted by atomic mass is 33.1. The molecule has 9 nitrogen and oxygen atoms in total. The molecule has 1 aliphatic heterocycles. The lowest BCUT2D eigenvalue weighted by atomic mass is 10.1. The third kappa shape index (κ3) is 32.2. The number of aliphatic hydroxyl groups excluding tert-OH is 1. The van der Waals surface area contributed by atoms with Crippen LogP contribution in [0.25, 0.3) is 0 Å². The average Bonchev–Trinajstić information content (AvgIpc) is 3.44. The van der Waals surface area contributed by atoms with E-state index in [1.807, 2.05) is 21.6 Å². The lowest BCUT2D eigenvalue weighted by molar-refractivity contribution is -0.147. The van der Waals surface area contributed by atoms with Crippen LogP contribution in [0.3, 0.4) is 0 Å². The lowest BCUT2D eigenvalue weighted by Gasteiger charge is -2.12. The standard InChI is InChI=1S/C21H41O7P.C8H14O2S2/c1-2-3-4-5-6-7-8-9-10-11-12-13-14-15-16-17-21(23)27-18-20(22)19-28-29(24,25)26;9-8(10)4-2-1-3-7-5-6-11-12-7/h9-10,20,22H,2-8,11-19H2,1H3,(H2,24,25,26);7H,1-6H2,(H,9,10)/b10-9-;/t;7-/m.1/s1. The number of ether oxygens (including phenoxy) is 1. The van der Waals surface area contributed by atoms with Gasteiger partial charge in [0.05, 0.1) is 6.61 Å². The minimum atomic E-state index is -4.62. The van der Waals surface area contributed by atoms with Crippen LogP contribution in [0.2, 0.25) is 0 Å². The number of aliphatic hydroxyl groups is 1. The van der Waals surface area contributed by atoms with Gasteiger partial charge in [0.2, 0.25) is 0 Å². The Morgan fingerprint density at radius 3 is 2.02 bits per heavy atom. The highest BCUT2D eigenvalue weighted by molar-refractivity contribution is 8.77. The van der Waals surface area contributed by atoms with E-state index in [1.165, 1.54) is 70.0 Å². The summed E-state index contributed by atoms with van der Waals surface area (Å²) < 4.78 is 19.5. The number of unbranched alkanes of at least 4 members (excludes halogenated alkanes) is 12. The van der Waals surface area contributed by atoms with Crippen molar-refractivity contribution in [1.82, 2.24) is 0 Å². The van der Waals surface area contributed by atoms with E-state index in [9.17, 15) is 19.3 Å². The third-order valence-corrected chi connectivity index (χ3v) is 9.90. The van der Waals surface area contributed by atoms with Crippen molar-refractivity contribution in [2.45, 2.75) is 140 Å². The SMILES string of the molecule is CCCCCCCC/C=C\CCCCCCCC(=O)OCC(O)COP(=O)(O)O.O=C(O)CCCC[C@@H]1CCSS1. The number of phosphoric ester groups is 1. The molecule has 242 valence electrons. The Labute approximate surface area is 255 Å². The van der Waals surface area contributed by atoms with Crippen LogP contribution in [0, 0.1) is 0 Å². The van der Waals surface area contributed by atoms with E-state index in [0.717, 1.165) is 50.2 Å². The maximum Gasteiger partial charge on any atom is 0.469 e. The fourth-order valence-electron chi connectivity index (χ4n) is 4.05. The molecule has 1 fully saturated rings. The maximum absolute atomic E-state index is 11.5. The van der Waals surface area contributed by atoms with Gasteiger partial charge >= 0.3 is 19.8 Å². The first kappa shape index (κ1) is 40.5. The molecule has 0 saturated carbocycles. The number of allylic oxidation sites excluding steroid dienone is 2. The van der Waals surface area contributed by atoms with Crippen molar-refractivity contribution in [2.75, 3.05) is 19.0 Å².